The molecule has 0 atom stereocenters. The Morgan fingerprint density at radius 2 is 1.92 bits per heavy atom. The minimum Gasteiger partial charge on any atom is -0.355 e. The minimum atomic E-state index is -0.476. The second-order valence-electron chi connectivity index (χ2n) is 6.02. The number of fused-ring (bicyclic) bond motifs is 1. The monoisotopic (exact) mass is 367 g/mol. The minimum absolute atomic E-state index is 0.0361. The van der Waals surface area contributed by atoms with Crippen LogP contribution in [0.5, 0.6) is 0 Å². The molecule has 0 saturated heterocycles. The number of pyridine rings is 1. The number of carbonyl (C=O) groups excluding carboxylic acids is 1. The van der Waals surface area contributed by atoms with Gasteiger partial charge in [0.05, 0.1) is 5.02 Å². The number of halogens is 2. The van der Waals surface area contributed by atoms with Crippen molar-refractivity contribution < 1.29 is 9.18 Å². The zero-order valence-electron chi connectivity index (χ0n) is 13.7. The highest BCUT2D eigenvalue weighted by Gasteiger charge is 2.26. The highest BCUT2D eigenvalue weighted by atomic mass is 35.5. The molecule has 2 aromatic carbocycles. The molecule has 1 amide bonds. The van der Waals surface area contributed by atoms with Crippen molar-refractivity contribution in [2.24, 2.45) is 0 Å². The van der Waals surface area contributed by atoms with Gasteiger partial charge in [0.1, 0.15) is 11.5 Å². The number of para-hydroxylation sites is 1. The Morgan fingerprint density at radius 1 is 1.12 bits per heavy atom. The van der Waals surface area contributed by atoms with E-state index in [0.717, 1.165) is 17.7 Å². The van der Waals surface area contributed by atoms with Gasteiger partial charge in [-0.15, -0.1) is 0 Å². The third-order valence-electron chi connectivity index (χ3n) is 4.32. The average Bonchev–Trinajstić information content (AvgIpc) is 3.08. The quantitative estimate of drug-likeness (QED) is 0.721. The third-order valence-corrected chi connectivity index (χ3v) is 4.61. The highest BCUT2D eigenvalue weighted by molar-refractivity contribution is 6.31. The van der Waals surface area contributed by atoms with Crippen LogP contribution in [0.4, 0.5) is 21.5 Å². The van der Waals surface area contributed by atoms with Crippen molar-refractivity contribution in [1.29, 1.82) is 0 Å². The Bertz CT molecular complexity index is 992. The van der Waals surface area contributed by atoms with Gasteiger partial charge >= 0.3 is 0 Å². The normalized spacial score (nSPS) is 12.8. The second-order valence-corrected chi connectivity index (χ2v) is 6.43. The fourth-order valence-electron chi connectivity index (χ4n) is 3.05. The van der Waals surface area contributed by atoms with E-state index in [1.807, 2.05) is 24.3 Å². The van der Waals surface area contributed by atoms with E-state index in [0.29, 0.717) is 23.6 Å². The molecular formula is C20H15ClFN3O. The molecule has 0 unspecified atom stereocenters. The SMILES string of the molecule is O=C(c1cc(Nc2ccc(F)c(Cl)c2)ccn1)N1CCc2ccccc21. The van der Waals surface area contributed by atoms with Crippen LogP contribution in [0, 0.1) is 5.82 Å². The molecule has 0 bridgehead atoms. The first kappa shape index (κ1) is 16.5. The van der Waals surface area contributed by atoms with Crippen molar-refractivity contribution in [3.05, 3.63) is 82.9 Å². The molecule has 1 aliphatic rings. The maximum Gasteiger partial charge on any atom is 0.276 e. The molecule has 4 rings (SSSR count). The number of hydrogen-bond donors (Lipinski definition) is 1. The van der Waals surface area contributed by atoms with Gasteiger partial charge in [-0.25, -0.2) is 4.39 Å². The van der Waals surface area contributed by atoms with E-state index < -0.39 is 5.82 Å². The lowest BCUT2D eigenvalue weighted by Gasteiger charge is -2.17. The summed E-state index contributed by atoms with van der Waals surface area (Å²) in [6, 6.07) is 15.7. The van der Waals surface area contributed by atoms with Crippen molar-refractivity contribution in [2.75, 3.05) is 16.8 Å². The molecule has 0 saturated carbocycles. The van der Waals surface area contributed by atoms with Crippen LogP contribution in [-0.4, -0.2) is 17.4 Å². The number of amides is 1. The van der Waals surface area contributed by atoms with Crippen molar-refractivity contribution >= 4 is 34.6 Å². The summed E-state index contributed by atoms with van der Waals surface area (Å²) in [6.07, 6.45) is 2.41. The van der Waals surface area contributed by atoms with E-state index in [1.54, 1.807) is 29.3 Å². The van der Waals surface area contributed by atoms with E-state index in [2.05, 4.69) is 10.3 Å². The first-order chi connectivity index (χ1) is 12.6. The zero-order valence-corrected chi connectivity index (χ0v) is 14.5. The van der Waals surface area contributed by atoms with E-state index in [4.69, 9.17) is 11.6 Å². The summed E-state index contributed by atoms with van der Waals surface area (Å²) < 4.78 is 13.3. The van der Waals surface area contributed by atoms with Crippen LogP contribution in [0.2, 0.25) is 5.02 Å². The predicted molar refractivity (Wildman–Crippen MR) is 101 cm³/mol. The highest BCUT2D eigenvalue weighted by Crippen LogP contribution is 2.29. The smallest absolute Gasteiger partial charge is 0.276 e. The van der Waals surface area contributed by atoms with Crippen molar-refractivity contribution in [1.82, 2.24) is 4.98 Å². The van der Waals surface area contributed by atoms with Crippen LogP contribution in [-0.2, 0) is 6.42 Å². The fourth-order valence-corrected chi connectivity index (χ4v) is 3.23. The molecule has 26 heavy (non-hydrogen) atoms. The molecule has 2 heterocycles. The molecule has 4 nitrogen and oxygen atoms in total. The number of carbonyl (C=O) groups is 1. The van der Waals surface area contributed by atoms with Crippen LogP contribution in [0.15, 0.2) is 60.8 Å². The molecule has 6 heteroatoms. The molecule has 0 radical (unpaired) electrons. The molecule has 0 fully saturated rings. The van der Waals surface area contributed by atoms with E-state index in [1.165, 1.54) is 12.1 Å². The van der Waals surface area contributed by atoms with Crippen LogP contribution >= 0.6 is 11.6 Å². The van der Waals surface area contributed by atoms with Gasteiger partial charge < -0.3 is 10.2 Å². The largest absolute Gasteiger partial charge is 0.355 e. The number of nitrogens with zero attached hydrogens (tertiary/aromatic N) is 2. The summed E-state index contributed by atoms with van der Waals surface area (Å²) in [6.45, 7) is 0.644. The number of nitrogens with one attached hydrogen (secondary N) is 1. The van der Waals surface area contributed by atoms with E-state index in [-0.39, 0.29) is 10.9 Å². The first-order valence-corrected chi connectivity index (χ1v) is 8.57. The summed E-state index contributed by atoms with van der Waals surface area (Å²) >= 11 is 5.81. The lowest BCUT2D eigenvalue weighted by Crippen LogP contribution is -2.29. The lowest BCUT2D eigenvalue weighted by molar-refractivity contribution is 0.0984. The van der Waals surface area contributed by atoms with Crippen LogP contribution in [0.25, 0.3) is 0 Å². The number of aromatic nitrogens is 1. The lowest BCUT2D eigenvalue weighted by atomic mass is 10.2. The fraction of sp³-hybridized carbons (Fsp3) is 0.100. The molecule has 0 spiro atoms. The van der Waals surface area contributed by atoms with Gasteiger partial charge in [0, 0.05) is 29.8 Å². The molecular weight excluding hydrogens is 353 g/mol. The summed E-state index contributed by atoms with van der Waals surface area (Å²) in [5, 5.41) is 3.15. The number of anilines is 3. The van der Waals surface area contributed by atoms with Gasteiger partial charge in [-0.2, -0.15) is 0 Å². The Labute approximate surface area is 155 Å². The van der Waals surface area contributed by atoms with Gasteiger partial charge in [-0.3, -0.25) is 9.78 Å². The van der Waals surface area contributed by atoms with Crippen molar-refractivity contribution in [2.45, 2.75) is 6.42 Å². The number of hydrogen-bond acceptors (Lipinski definition) is 3. The first-order valence-electron chi connectivity index (χ1n) is 8.20. The van der Waals surface area contributed by atoms with E-state index >= 15 is 0 Å². The maximum absolute atomic E-state index is 13.3. The topological polar surface area (TPSA) is 45.2 Å². The summed E-state index contributed by atoms with van der Waals surface area (Å²) in [7, 11) is 0. The van der Waals surface area contributed by atoms with Gasteiger partial charge in [-0.1, -0.05) is 29.8 Å². The number of rotatable bonds is 3. The molecule has 0 aliphatic carbocycles. The standard InChI is InChI=1S/C20H15ClFN3O/c21-16-11-14(5-6-17(16)22)24-15-7-9-23-18(12-15)20(26)25-10-8-13-3-1-2-4-19(13)25/h1-7,9,11-12H,8,10H2,(H,23,24). The van der Waals surface area contributed by atoms with Gasteiger partial charge in [0.2, 0.25) is 0 Å². The zero-order chi connectivity index (χ0) is 18.1. The summed E-state index contributed by atoms with van der Waals surface area (Å²) in [5.41, 5.74) is 3.75. The Kier molecular flexibility index (Phi) is 4.31. The van der Waals surface area contributed by atoms with Gasteiger partial charge in [0.25, 0.3) is 5.91 Å². The number of benzene rings is 2. The molecule has 3 aromatic rings. The molecule has 1 N–H and O–H groups in total. The third kappa shape index (κ3) is 3.13. The molecule has 130 valence electrons. The Morgan fingerprint density at radius 3 is 2.77 bits per heavy atom. The van der Waals surface area contributed by atoms with Crippen LogP contribution in [0.1, 0.15) is 16.1 Å². The second kappa shape index (κ2) is 6.77. The van der Waals surface area contributed by atoms with E-state index in [9.17, 15) is 9.18 Å². The Hall–Kier alpha value is -2.92. The van der Waals surface area contributed by atoms with Crippen molar-refractivity contribution in [3.8, 4) is 0 Å². The maximum atomic E-state index is 13.3. The van der Waals surface area contributed by atoms with Crippen LogP contribution < -0.4 is 10.2 Å². The van der Waals surface area contributed by atoms with Gasteiger partial charge in [0.15, 0.2) is 0 Å². The Balaban J connectivity index is 1.58. The average molecular weight is 368 g/mol. The molecule has 1 aromatic heterocycles. The molecule has 1 aliphatic heterocycles. The predicted octanol–water partition coefficient (Wildman–Crippen LogP) is 4.82. The van der Waals surface area contributed by atoms with Gasteiger partial charge in [-0.05, 0) is 48.4 Å². The van der Waals surface area contributed by atoms with Crippen LogP contribution in [0.3, 0.4) is 0 Å². The summed E-state index contributed by atoms with van der Waals surface area (Å²) in [4.78, 5) is 18.8. The summed E-state index contributed by atoms with van der Waals surface area (Å²) in [5.74, 6) is -0.619. The van der Waals surface area contributed by atoms with Crippen molar-refractivity contribution in [3.63, 3.8) is 0 Å².